The number of anilines is 3. The van der Waals surface area contributed by atoms with Gasteiger partial charge in [0.1, 0.15) is 10.7 Å². The number of rotatable bonds is 6. The van der Waals surface area contributed by atoms with Crippen LogP contribution < -0.4 is 15.5 Å². The lowest BCUT2D eigenvalue weighted by atomic mass is 10.2. The van der Waals surface area contributed by atoms with Crippen LogP contribution in [0.15, 0.2) is 83.5 Å². The van der Waals surface area contributed by atoms with E-state index in [0.29, 0.717) is 22.0 Å². The number of nitrogens with zero attached hydrogens (tertiary/aromatic N) is 1. The number of carbonyl (C=O) groups is 4. The Bertz CT molecular complexity index is 1390. The minimum absolute atomic E-state index is 0.128. The maximum absolute atomic E-state index is 13.0. The molecule has 10 heteroatoms. The molecule has 8 nitrogen and oxygen atoms in total. The summed E-state index contributed by atoms with van der Waals surface area (Å²) in [6, 6.07) is 18.9. The summed E-state index contributed by atoms with van der Waals surface area (Å²) < 4.78 is 4.68. The summed E-state index contributed by atoms with van der Waals surface area (Å²) in [6.07, 6.45) is 0. The monoisotopic (exact) mass is 509 g/mol. The minimum Gasteiger partial charge on any atom is -0.465 e. The zero-order valence-corrected chi connectivity index (χ0v) is 19.7. The van der Waals surface area contributed by atoms with Crippen molar-refractivity contribution in [3.63, 3.8) is 0 Å². The lowest BCUT2D eigenvalue weighted by Crippen LogP contribution is -2.32. The van der Waals surface area contributed by atoms with E-state index in [4.69, 9.17) is 23.2 Å². The number of nitrogens with one attached hydrogen (secondary N) is 2. The topological polar surface area (TPSA) is 105 Å². The number of ether oxygens (including phenoxy) is 1. The number of hydrogen-bond donors (Lipinski definition) is 2. The quantitative estimate of drug-likeness (QED) is 0.364. The summed E-state index contributed by atoms with van der Waals surface area (Å²) in [7, 11) is 1.23. The summed E-state index contributed by atoms with van der Waals surface area (Å²) in [5.74, 6) is -2.38. The van der Waals surface area contributed by atoms with Gasteiger partial charge in [0.25, 0.3) is 17.7 Å². The van der Waals surface area contributed by atoms with Gasteiger partial charge in [0.15, 0.2) is 0 Å². The number of amides is 3. The summed E-state index contributed by atoms with van der Waals surface area (Å²) in [5, 5.41) is 5.77. The second kappa shape index (κ2) is 10.0. The fourth-order valence-corrected chi connectivity index (χ4v) is 3.76. The van der Waals surface area contributed by atoms with Gasteiger partial charge in [-0.2, -0.15) is 0 Å². The van der Waals surface area contributed by atoms with E-state index in [-0.39, 0.29) is 27.9 Å². The van der Waals surface area contributed by atoms with Crippen molar-refractivity contribution < 1.29 is 23.9 Å². The van der Waals surface area contributed by atoms with Crippen LogP contribution in [-0.2, 0) is 14.3 Å². The van der Waals surface area contributed by atoms with Gasteiger partial charge in [0.05, 0.1) is 18.4 Å². The minimum atomic E-state index is -0.737. The number of esters is 1. The molecule has 176 valence electrons. The van der Waals surface area contributed by atoms with E-state index in [2.05, 4.69) is 15.4 Å². The van der Waals surface area contributed by atoms with E-state index in [9.17, 15) is 19.2 Å². The van der Waals surface area contributed by atoms with Gasteiger partial charge in [-0.05, 0) is 60.7 Å². The van der Waals surface area contributed by atoms with Gasteiger partial charge in [0.2, 0.25) is 0 Å². The van der Waals surface area contributed by atoms with Gasteiger partial charge < -0.3 is 15.4 Å². The van der Waals surface area contributed by atoms with Crippen LogP contribution in [-0.4, -0.2) is 30.8 Å². The van der Waals surface area contributed by atoms with Crippen molar-refractivity contribution in [1.82, 2.24) is 0 Å². The molecule has 0 radical (unpaired) electrons. The third-order valence-corrected chi connectivity index (χ3v) is 5.64. The first-order valence-corrected chi connectivity index (χ1v) is 10.9. The van der Waals surface area contributed by atoms with Crippen LogP contribution in [0.1, 0.15) is 20.7 Å². The zero-order valence-electron chi connectivity index (χ0n) is 18.2. The zero-order chi connectivity index (χ0) is 25.1. The van der Waals surface area contributed by atoms with E-state index in [1.807, 2.05) is 0 Å². The van der Waals surface area contributed by atoms with Crippen molar-refractivity contribution in [2.45, 2.75) is 0 Å². The molecule has 0 aromatic heterocycles. The molecule has 0 atom stereocenters. The maximum atomic E-state index is 13.0. The largest absolute Gasteiger partial charge is 0.465 e. The van der Waals surface area contributed by atoms with Crippen molar-refractivity contribution in [2.75, 3.05) is 22.6 Å². The lowest BCUT2D eigenvalue weighted by molar-refractivity contribution is -0.120. The average molecular weight is 510 g/mol. The van der Waals surface area contributed by atoms with Crippen molar-refractivity contribution in [3.8, 4) is 0 Å². The molecule has 3 aromatic rings. The van der Waals surface area contributed by atoms with E-state index in [0.717, 1.165) is 4.90 Å². The summed E-state index contributed by atoms with van der Waals surface area (Å²) in [6.45, 7) is 0. The fraction of sp³-hybridized carbons (Fsp3) is 0.0400. The van der Waals surface area contributed by atoms with Crippen LogP contribution in [0.3, 0.4) is 0 Å². The Morgan fingerprint density at radius 3 is 2.23 bits per heavy atom. The van der Waals surface area contributed by atoms with Crippen LogP contribution in [0.5, 0.6) is 0 Å². The predicted molar refractivity (Wildman–Crippen MR) is 133 cm³/mol. The van der Waals surface area contributed by atoms with Gasteiger partial charge in [-0.15, -0.1) is 0 Å². The smallest absolute Gasteiger partial charge is 0.337 e. The molecular formula is C25H17Cl2N3O5. The number of methoxy groups -OCH3 is 1. The molecule has 0 bridgehead atoms. The first-order valence-electron chi connectivity index (χ1n) is 10.2. The number of carbonyl (C=O) groups excluding carboxylic acids is 4. The highest BCUT2D eigenvalue weighted by Crippen LogP contribution is 2.30. The Hall–Kier alpha value is -4.14. The van der Waals surface area contributed by atoms with Crippen LogP contribution in [0.25, 0.3) is 0 Å². The Kier molecular flexibility index (Phi) is 6.86. The first-order chi connectivity index (χ1) is 16.8. The number of halogens is 2. The third kappa shape index (κ3) is 5.03. The van der Waals surface area contributed by atoms with E-state index >= 15 is 0 Å². The van der Waals surface area contributed by atoms with Crippen LogP contribution in [0, 0.1) is 0 Å². The SMILES string of the molecule is COC(=O)c1cccc(N2C(=O)C(Cl)=C(Nc3ccc(C(=O)Nc4cccc(Cl)c4)cc3)C2=O)c1. The van der Waals surface area contributed by atoms with Gasteiger partial charge in [-0.25, -0.2) is 9.69 Å². The van der Waals surface area contributed by atoms with Crippen molar-refractivity contribution >= 4 is 64.0 Å². The highest BCUT2D eigenvalue weighted by molar-refractivity contribution is 6.53. The highest BCUT2D eigenvalue weighted by Gasteiger charge is 2.39. The normalized spacial score (nSPS) is 13.2. The van der Waals surface area contributed by atoms with Crippen molar-refractivity contribution in [3.05, 3.63) is 99.7 Å². The van der Waals surface area contributed by atoms with Gasteiger partial charge in [0, 0.05) is 22.0 Å². The Labute approximate surface area is 210 Å². The first kappa shape index (κ1) is 24.0. The molecule has 0 unspecified atom stereocenters. The lowest BCUT2D eigenvalue weighted by Gasteiger charge is -2.16. The molecule has 2 N–H and O–H groups in total. The molecule has 0 spiro atoms. The van der Waals surface area contributed by atoms with Crippen LogP contribution in [0.2, 0.25) is 5.02 Å². The molecule has 3 aromatic carbocycles. The summed E-state index contributed by atoms with van der Waals surface area (Å²) in [5.41, 5.74) is 1.57. The van der Waals surface area contributed by atoms with Crippen molar-refractivity contribution in [1.29, 1.82) is 0 Å². The molecule has 0 saturated carbocycles. The van der Waals surface area contributed by atoms with Gasteiger partial charge in [-0.1, -0.05) is 35.3 Å². The number of benzene rings is 3. The second-order valence-electron chi connectivity index (χ2n) is 7.34. The van der Waals surface area contributed by atoms with Gasteiger partial charge in [-0.3, -0.25) is 14.4 Å². The molecule has 35 heavy (non-hydrogen) atoms. The number of imide groups is 1. The third-order valence-electron chi connectivity index (χ3n) is 5.05. The average Bonchev–Trinajstić information content (AvgIpc) is 3.07. The van der Waals surface area contributed by atoms with Gasteiger partial charge >= 0.3 is 5.97 Å². The maximum Gasteiger partial charge on any atom is 0.337 e. The van der Waals surface area contributed by atoms with Crippen LogP contribution >= 0.6 is 23.2 Å². The van der Waals surface area contributed by atoms with Crippen molar-refractivity contribution in [2.24, 2.45) is 0 Å². The Morgan fingerprint density at radius 1 is 0.829 bits per heavy atom. The van der Waals surface area contributed by atoms with Crippen LogP contribution in [0.4, 0.5) is 17.1 Å². The second-order valence-corrected chi connectivity index (χ2v) is 8.16. The molecule has 3 amide bonds. The predicted octanol–water partition coefficient (Wildman–Crippen LogP) is 4.81. The Balaban J connectivity index is 1.49. The molecule has 1 aliphatic rings. The standard InChI is InChI=1S/C25H17Cl2N3O5/c1-35-25(34)15-4-2-7-19(12-15)30-23(32)20(27)21(24(30)33)28-17-10-8-14(9-11-17)22(31)29-18-6-3-5-16(26)13-18/h2-13,28H,1H3,(H,29,31). The fourth-order valence-electron chi connectivity index (χ4n) is 3.35. The Morgan fingerprint density at radius 2 is 1.54 bits per heavy atom. The summed E-state index contributed by atoms with van der Waals surface area (Å²) in [4.78, 5) is 50.9. The van der Waals surface area contributed by atoms with E-state index in [1.165, 1.54) is 31.4 Å². The molecule has 0 saturated heterocycles. The molecule has 4 rings (SSSR count). The molecule has 0 aliphatic carbocycles. The molecule has 0 fully saturated rings. The highest BCUT2D eigenvalue weighted by atomic mass is 35.5. The molecule has 1 aliphatic heterocycles. The number of hydrogen-bond acceptors (Lipinski definition) is 6. The van der Waals surface area contributed by atoms with E-state index < -0.39 is 17.8 Å². The summed E-state index contributed by atoms with van der Waals surface area (Å²) >= 11 is 12.1. The molecular weight excluding hydrogens is 493 g/mol. The van der Waals surface area contributed by atoms with E-state index in [1.54, 1.807) is 48.5 Å². The molecule has 1 heterocycles.